The molecule has 0 unspecified atom stereocenters. The molecule has 0 bridgehead atoms. The summed E-state index contributed by atoms with van der Waals surface area (Å²) < 4.78 is 1.76. The lowest BCUT2D eigenvalue weighted by Crippen LogP contribution is -2.26. The second-order valence-corrected chi connectivity index (χ2v) is 4.79. The first-order valence-electron chi connectivity index (χ1n) is 6.65. The van der Waals surface area contributed by atoms with E-state index in [1.165, 1.54) is 0 Å². The van der Waals surface area contributed by atoms with Crippen LogP contribution >= 0.6 is 0 Å². The standard InChI is InChI=1S/C15H20N4O/c1-11-4-5-13(14(10-11)16-2)15(20)17-8-6-12-7-9-19(3)18-12/h4-5,7,9-10,16H,6,8H2,1-3H3,(H,17,20). The Hall–Kier alpha value is -2.30. The summed E-state index contributed by atoms with van der Waals surface area (Å²) in [7, 11) is 3.70. The molecular formula is C15H20N4O. The molecule has 106 valence electrons. The van der Waals surface area contributed by atoms with E-state index in [-0.39, 0.29) is 5.91 Å². The van der Waals surface area contributed by atoms with E-state index >= 15 is 0 Å². The maximum Gasteiger partial charge on any atom is 0.253 e. The van der Waals surface area contributed by atoms with E-state index in [1.54, 1.807) is 4.68 Å². The fourth-order valence-electron chi connectivity index (χ4n) is 2.06. The largest absolute Gasteiger partial charge is 0.387 e. The minimum atomic E-state index is -0.0646. The summed E-state index contributed by atoms with van der Waals surface area (Å²) in [6, 6.07) is 7.70. The highest BCUT2D eigenvalue weighted by Gasteiger charge is 2.10. The Morgan fingerprint density at radius 3 is 2.80 bits per heavy atom. The smallest absolute Gasteiger partial charge is 0.253 e. The van der Waals surface area contributed by atoms with Gasteiger partial charge in [0.1, 0.15) is 0 Å². The minimum absolute atomic E-state index is 0.0646. The molecule has 0 spiro atoms. The lowest BCUT2D eigenvalue weighted by Gasteiger charge is -2.10. The lowest BCUT2D eigenvalue weighted by atomic mass is 10.1. The number of nitrogens with one attached hydrogen (secondary N) is 2. The van der Waals surface area contributed by atoms with Crippen molar-refractivity contribution in [2.24, 2.45) is 7.05 Å². The van der Waals surface area contributed by atoms with E-state index in [4.69, 9.17) is 0 Å². The monoisotopic (exact) mass is 272 g/mol. The van der Waals surface area contributed by atoms with Gasteiger partial charge < -0.3 is 10.6 Å². The van der Waals surface area contributed by atoms with E-state index in [0.717, 1.165) is 23.4 Å². The number of amides is 1. The molecule has 1 amide bonds. The van der Waals surface area contributed by atoms with Gasteiger partial charge in [-0.3, -0.25) is 9.48 Å². The Kier molecular flexibility index (Phi) is 4.40. The second-order valence-electron chi connectivity index (χ2n) is 4.79. The van der Waals surface area contributed by atoms with Crippen LogP contribution in [0.3, 0.4) is 0 Å². The van der Waals surface area contributed by atoms with E-state index in [9.17, 15) is 4.79 Å². The first-order valence-corrected chi connectivity index (χ1v) is 6.65. The summed E-state index contributed by atoms with van der Waals surface area (Å²) in [5, 5.41) is 10.3. The van der Waals surface area contributed by atoms with Crippen LogP contribution < -0.4 is 10.6 Å². The normalized spacial score (nSPS) is 10.3. The molecule has 2 N–H and O–H groups in total. The Morgan fingerprint density at radius 1 is 1.35 bits per heavy atom. The Bertz CT molecular complexity index is 604. The summed E-state index contributed by atoms with van der Waals surface area (Å²) in [4.78, 5) is 12.2. The van der Waals surface area contributed by atoms with Gasteiger partial charge in [-0.05, 0) is 30.7 Å². The number of carbonyl (C=O) groups excluding carboxylic acids is 1. The average Bonchev–Trinajstić information content (AvgIpc) is 2.84. The quantitative estimate of drug-likeness (QED) is 0.871. The van der Waals surface area contributed by atoms with Gasteiger partial charge in [0.15, 0.2) is 0 Å². The molecule has 0 aliphatic heterocycles. The second kappa shape index (κ2) is 6.23. The number of rotatable bonds is 5. The van der Waals surface area contributed by atoms with Crippen molar-refractivity contribution < 1.29 is 4.79 Å². The van der Waals surface area contributed by atoms with Crippen molar-refractivity contribution in [2.75, 3.05) is 18.9 Å². The summed E-state index contributed by atoms with van der Waals surface area (Å²) in [5.74, 6) is -0.0646. The fourth-order valence-corrected chi connectivity index (χ4v) is 2.06. The number of aromatic nitrogens is 2. The van der Waals surface area contributed by atoms with E-state index in [1.807, 2.05) is 51.5 Å². The van der Waals surface area contributed by atoms with Crippen molar-refractivity contribution in [3.8, 4) is 0 Å². The number of anilines is 1. The number of aryl methyl sites for hydroxylation is 2. The predicted molar refractivity (Wildman–Crippen MR) is 80.0 cm³/mol. The lowest BCUT2D eigenvalue weighted by molar-refractivity contribution is 0.0955. The highest BCUT2D eigenvalue weighted by molar-refractivity contribution is 5.99. The highest BCUT2D eigenvalue weighted by atomic mass is 16.1. The van der Waals surface area contributed by atoms with Gasteiger partial charge in [-0.25, -0.2) is 0 Å². The third-order valence-corrected chi connectivity index (χ3v) is 3.12. The molecule has 1 heterocycles. The maximum absolute atomic E-state index is 12.2. The number of carbonyl (C=O) groups is 1. The first kappa shape index (κ1) is 14.1. The molecule has 5 nitrogen and oxygen atoms in total. The maximum atomic E-state index is 12.2. The van der Waals surface area contributed by atoms with Gasteiger partial charge in [-0.15, -0.1) is 0 Å². The number of nitrogens with zero attached hydrogens (tertiary/aromatic N) is 2. The van der Waals surface area contributed by atoms with Crippen LogP contribution in [0.5, 0.6) is 0 Å². The topological polar surface area (TPSA) is 59.0 Å². The van der Waals surface area contributed by atoms with Crippen LogP contribution in [0.1, 0.15) is 21.6 Å². The molecule has 2 aromatic rings. The third-order valence-electron chi connectivity index (χ3n) is 3.12. The van der Waals surface area contributed by atoms with Crippen molar-refractivity contribution in [2.45, 2.75) is 13.3 Å². The van der Waals surface area contributed by atoms with E-state index in [0.29, 0.717) is 12.1 Å². The van der Waals surface area contributed by atoms with Gasteiger partial charge in [-0.1, -0.05) is 6.07 Å². The molecule has 0 saturated heterocycles. The van der Waals surface area contributed by atoms with Crippen molar-refractivity contribution in [3.63, 3.8) is 0 Å². The molecular weight excluding hydrogens is 252 g/mol. The molecule has 20 heavy (non-hydrogen) atoms. The predicted octanol–water partition coefficient (Wildman–Crippen LogP) is 1.74. The van der Waals surface area contributed by atoms with Crippen LogP contribution in [0.2, 0.25) is 0 Å². The van der Waals surface area contributed by atoms with Gasteiger partial charge in [0.05, 0.1) is 11.3 Å². The molecule has 2 rings (SSSR count). The van der Waals surface area contributed by atoms with Crippen LogP contribution in [-0.2, 0) is 13.5 Å². The van der Waals surface area contributed by atoms with Gasteiger partial charge >= 0.3 is 0 Å². The molecule has 0 aliphatic rings. The van der Waals surface area contributed by atoms with E-state index < -0.39 is 0 Å². The van der Waals surface area contributed by atoms with Crippen molar-refractivity contribution in [1.29, 1.82) is 0 Å². The number of benzene rings is 1. The Balaban J connectivity index is 1.95. The fraction of sp³-hybridized carbons (Fsp3) is 0.333. The SMILES string of the molecule is CNc1cc(C)ccc1C(=O)NCCc1ccn(C)n1. The number of hydrogen-bond donors (Lipinski definition) is 2. The van der Waals surface area contributed by atoms with Gasteiger partial charge in [0, 0.05) is 38.9 Å². The molecule has 1 aromatic heterocycles. The van der Waals surface area contributed by atoms with Gasteiger partial charge in [-0.2, -0.15) is 5.10 Å². The molecule has 5 heteroatoms. The average molecular weight is 272 g/mol. The molecule has 0 fully saturated rings. The van der Waals surface area contributed by atoms with Crippen LogP contribution in [0.15, 0.2) is 30.5 Å². The Labute approximate surface area is 119 Å². The van der Waals surface area contributed by atoms with Crippen LogP contribution in [0.4, 0.5) is 5.69 Å². The van der Waals surface area contributed by atoms with Crippen LogP contribution in [0.25, 0.3) is 0 Å². The zero-order valence-electron chi connectivity index (χ0n) is 12.1. The summed E-state index contributed by atoms with van der Waals surface area (Å²) in [5.41, 5.74) is 3.62. The first-order chi connectivity index (χ1) is 9.60. The van der Waals surface area contributed by atoms with Gasteiger partial charge in [0.25, 0.3) is 5.91 Å². The van der Waals surface area contributed by atoms with Crippen LogP contribution in [0, 0.1) is 6.92 Å². The van der Waals surface area contributed by atoms with Crippen molar-refractivity contribution in [3.05, 3.63) is 47.3 Å². The molecule has 0 aliphatic carbocycles. The van der Waals surface area contributed by atoms with Crippen LogP contribution in [-0.4, -0.2) is 29.3 Å². The third kappa shape index (κ3) is 3.38. The number of hydrogen-bond acceptors (Lipinski definition) is 3. The Morgan fingerprint density at radius 2 is 2.15 bits per heavy atom. The molecule has 1 aromatic carbocycles. The summed E-state index contributed by atoms with van der Waals surface area (Å²) >= 11 is 0. The van der Waals surface area contributed by atoms with E-state index in [2.05, 4.69) is 15.7 Å². The van der Waals surface area contributed by atoms with Gasteiger partial charge in [0.2, 0.25) is 0 Å². The highest BCUT2D eigenvalue weighted by Crippen LogP contribution is 2.16. The minimum Gasteiger partial charge on any atom is -0.387 e. The zero-order chi connectivity index (χ0) is 14.5. The van der Waals surface area contributed by atoms with Crippen molar-refractivity contribution >= 4 is 11.6 Å². The summed E-state index contributed by atoms with van der Waals surface area (Å²) in [6.45, 7) is 2.58. The van der Waals surface area contributed by atoms with Crippen molar-refractivity contribution in [1.82, 2.24) is 15.1 Å². The zero-order valence-corrected chi connectivity index (χ0v) is 12.1. The molecule has 0 saturated carbocycles. The summed E-state index contributed by atoms with van der Waals surface area (Å²) in [6.07, 6.45) is 2.63. The molecule has 0 atom stereocenters. The molecule has 0 radical (unpaired) electrons.